The van der Waals surface area contributed by atoms with Crippen LogP contribution in [0, 0.1) is 13.8 Å². The van der Waals surface area contributed by atoms with E-state index in [1.165, 1.54) is 0 Å². The molecule has 1 aromatic carbocycles. The van der Waals surface area contributed by atoms with E-state index in [1.54, 1.807) is 30.2 Å². The Bertz CT molecular complexity index is 827. The van der Waals surface area contributed by atoms with Crippen molar-refractivity contribution in [3.05, 3.63) is 46.3 Å². The molecule has 0 fully saturated rings. The van der Waals surface area contributed by atoms with Gasteiger partial charge in [-0.05, 0) is 32.0 Å². The van der Waals surface area contributed by atoms with Gasteiger partial charge in [0, 0.05) is 49.1 Å². The van der Waals surface area contributed by atoms with Gasteiger partial charge in [0.25, 0.3) is 11.8 Å². The van der Waals surface area contributed by atoms with Crippen molar-refractivity contribution in [2.45, 2.75) is 26.9 Å². The summed E-state index contributed by atoms with van der Waals surface area (Å²) in [6, 6.07) is 5.22. The number of ether oxygens (including phenoxy) is 2. The maximum atomic E-state index is 12.6. The number of aromatic amines is 1. The van der Waals surface area contributed by atoms with Crippen LogP contribution in [-0.4, -0.2) is 53.8 Å². The molecule has 2 N–H and O–H groups in total. The van der Waals surface area contributed by atoms with Crippen LogP contribution in [0.5, 0.6) is 5.75 Å². The highest BCUT2D eigenvalue weighted by Gasteiger charge is 2.22. The van der Waals surface area contributed by atoms with Crippen LogP contribution in [0.15, 0.2) is 18.2 Å². The molecule has 0 aliphatic carbocycles. The van der Waals surface area contributed by atoms with Crippen molar-refractivity contribution in [1.29, 1.82) is 0 Å². The first-order chi connectivity index (χ1) is 13.0. The summed E-state index contributed by atoms with van der Waals surface area (Å²) in [5.74, 6) is 0.346. The smallest absolute Gasteiger partial charge is 0.260 e. The minimum atomic E-state index is -0.184. The Kier molecular flexibility index (Phi) is 5.75. The van der Waals surface area contributed by atoms with Gasteiger partial charge in [0.2, 0.25) is 0 Å². The molecule has 0 radical (unpaired) electrons. The van der Waals surface area contributed by atoms with Gasteiger partial charge in [-0.25, -0.2) is 0 Å². The molecule has 0 bridgehead atoms. The number of methoxy groups -OCH3 is 1. The second kappa shape index (κ2) is 8.22. The number of nitrogens with zero attached hydrogens (tertiary/aromatic N) is 2. The molecule has 8 heteroatoms. The van der Waals surface area contributed by atoms with Gasteiger partial charge in [0.1, 0.15) is 5.75 Å². The molecule has 0 unspecified atom stereocenters. The van der Waals surface area contributed by atoms with Gasteiger partial charge in [-0.15, -0.1) is 0 Å². The molecule has 2 amide bonds. The van der Waals surface area contributed by atoms with Crippen molar-refractivity contribution in [1.82, 2.24) is 20.4 Å². The molecule has 8 nitrogen and oxygen atoms in total. The van der Waals surface area contributed by atoms with Crippen LogP contribution in [-0.2, 0) is 22.6 Å². The topological polar surface area (TPSA) is 96.6 Å². The van der Waals surface area contributed by atoms with Crippen molar-refractivity contribution in [2.24, 2.45) is 0 Å². The molecular weight excluding hydrogens is 348 g/mol. The molecule has 0 saturated heterocycles. The highest BCUT2D eigenvalue weighted by atomic mass is 16.5. The fraction of sp³-hybridized carbons (Fsp3) is 0.421. The van der Waals surface area contributed by atoms with Crippen molar-refractivity contribution in [3.63, 3.8) is 0 Å². The normalized spacial score (nSPS) is 13.7. The zero-order valence-electron chi connectivity index (χ0n) is 15.8. The molecule has 3 rings (SSSR count). The maximum absolute atomic E-state index is 12.6. The number of H-pyrrole nitrogens is 1. The van der Waals surface area contributed by atoms with E-state index < -0.39 is 0 Å². The third-order valence-corrected chi connectivity index (χ3v) is 4.66. The van der Waals surface area contributed by atoms with E-state index in [9.17, 15) is 9.59 Å². The highest BCUT2D eigenvalue weighted by Crippen LogP contribution is 2.25. The predicted molar refractivity (Wildman–Crippen MR) is 98.5 cm³/mol. The molecular formula is C19H24N4O4. The molecule has 2 heterocycles. The minimum absolute atomic E-state index is 0.0126. The summed E-state index contributed by atoms with van der Waals surface area (Å²) >= 11 is 0. The van der Waals surface area contributed by atoms with Gasteiger partial charge in [-0.1, -0.05) is 0 Å². The van der Waals surface area contributed by atoms with E-state index in [0.29, 0.717) is 37.6 Å². The number of benzene rings is 1. The summed E-state index contributed by atoms with van der Waals surface area (Å²) in [6.07, 6.45) is 0. The lowest BCUT2D eigenvalue weighted by Gasteiger charge is -2.19. The van der Waals surface area contributed by atoms with Crippen LogP contribution in [0.3, 0.4) is 0 Å². The monoisotopic (exact) mass is 372 g/mol. The van der Waals surface area contributed by atoms with E-state index in [2.05, 4.69) is 15.5 Å². The van der Waals surface area contributed by atoms with Gasteiger partial charge in [0.05, 0.1) is 12.3 Å². The Morgan fingerprint density at radius 1 is 1.41 bits per heavy atom. The van der Waals surface area contributed by atoms with Crippen LogP contribution in [0.4, 0.5) is 0 Å². The summed E-state index contributed by atoms with van der Waals surface area (Å²) in [6.45, 7) is 5.53. The average molecular weight is 372 g/mol. The Hall–Kier alpha value is -2.87. The van der Waals surface area contributed by atoms with Crippen molar-refractivity contribution in [3.8, 4) is 5.75 Å². The lowest BCUT2D eigenvalue weighted by molar-refractivity contribution is -0.133. The first-order valence-electron chi connectivity index (χ1n) is 8.80. The zero-order chi connectivity index (χ0) is 19.4. The van der Waals surface area contributed by atoms with Crippen LogP contribution in [0.1, 0.15) is 32.9 Å². The van der Waals surface area contributed by atoms with Crippen LogP contribution in [0.25, 0.3) is 0 Å². The van der Waals surface area contributed by atoms with Gasteiger partial charge in [-0.3, -0.25) is 14.7 Å². The largest absolute Gasteiger partial charge is 0.483 e. The lowest BCUT2D eigenvalue weighted by Crippen LogP contribution is -2.34. The zero-order valence-corrected chi connectivity index (χ0v) is 15.8. The number of carbonyl (C=O) groups is 2. The predicted octanol–water partition coefficient (Wildman–Crippen LogP) is 1.32. The highest BCUT2D eigenvalue weighted by molar-refractivity contribution is 5.94. The third kappa shape index (κ3) is 4.28. The van der Waals surface area contributed by atoms with Gasteiger partial charge < -0.3 is 19.7 Å². The molecule has 1 aliphatic heterocycles. The summed E-state index contributed by atoms with van der Waals surface area (Å²) in [5.41, 5.74) is 4.13. The molecule has 27 heavy (non-hydrogen) atoms. The number of rotatable bonds is 6. The summed E-state index contributed by atoms with van der Waals surface area (Å²) in [4.78, 5) is 26.4. The number of amides is 2. The Labute approximate surface area is 157 Å². The van der Waals surface area contributed by atoms with Gasteiger partial charge >= 0.3 is 0 Å². The molecule has 0 saturated carbocycles. The second-order valence-electron chi connectivity index (χ2n) is 6.51. The van der Waals surface area contributed by atoms with E-state index in [-0.39, 0.29) is 18.4 Å². The molecule has 0 atom stereocenters. The summed E-state index contributed by atoms with van der Waals surface area (Å²) < 4.78 is 10.6. The number of nitrogens with one attached hydrogen (secondary N) is 2. The Morgan fingerprint density at radius 2 is 2.22 bits per heavy atom. The summed E-state index contributed by atoms with van der Waals surface area (Å²) in [5, 5.41) is 9.96. The summed E-state index contributed by atoms with van der Waals surface area (Å²) in [7, 11) is 1.60. The SMILES string of the molecule is COCCN1Cc2cc(C(=O)NCc3c(C)n[nH]c3C)ccc2OCC1=O. The van der Waals surface area contributed by atoms with Crippen LogP contribution in [0.2, 0.25) is 0 Å². The number of aryl methyl sites for hydroxylation is 2. The minimum Gasteiger partial charge on any atom is -0.483 e. The van der Waals surface area contributed by atoms with Crippen molar-refractivity contribution < 1.29 is 19.1 Å². The molecule has 0 spiro atoms. The third-order valence-electron chi connectivity index (χ3n) is 4.66. The van der Waals surface area contributed by atoms with Gasteiger partial charge in [-0.2, -0.15) is 5.10 Å². The van der Waals surface area contributed by atoms with Crippen molar-refractivity contribution in [2.75, 3.05) is 26.9 Å². The lowest BCUT2D eigenvalue weighted by atomic mass is 10.1. The molecule has 144 valence electrons. The van der Waals surface area contributed by atoms with E-state index in [1.807, 2.05) is 13.8 Å². The molecule has 1 aromatic heterocycles. The number of fused-ring (bicyclic) bond motifs is 1. The standard InChI is InChI=1S/C19H24N4O4/c1-12-16(13(2)22-21-12)9-20-19(25)14-4-5-17-15(8-14)10-23(6-7-26-3)18(24)11-27-17/h4-5,8H,6-7,9-11H2,1-3H3,(H,20,25)(H,21,22). The number of aromatic nitrogens is 2. The van der Waals surface area contributed by atoms with Crippen LogP contribution >= 0.6 is 0 Å². The molecule has 2 aromatic rings. The fourth-order valence-corrected chi connectivity index (χ4v) is 3.02. The van der Waals surface area contributed by atoms with E-state index >= 15 is 0 Å². The van der Waals surface area contributed by atoms with Crippen molar-refractivity contribution >= 4 is 11.8 Å². The Morgan fingerprint density at radius 3 is 2.93 bits per heavy atom. The van der Waals surface area contributed by atoms with Crippen LogP contribution < -0.4 is 10.1 Å². The number of hydrogen-bond acceptors (Lipinski definition) is 5. The second-order valence-corrected chi connectivity index (χ2v) is 6.51. The number of hydrogen-bond donors (Lipinski definition) is 2. The Balaban J connectivity index is 1.73. The van der Waals surface area contributed by atoms with Gasteiger partial charge in [0.15, 0.2) is 6.61 Å². The van der Waals surface area contributed by atoms with E-state index in [4.69, 9.17) is 9.47 Å². The first-order valence-corrected chi connectivity index (χ1v) is 8.80. The maximum Gasteiger partial charge on any atom is 0.260 e. The first kappa shape index (κ1) is 18.9. The average Bonchev–Trinajstić information content (AvgIpc) is 2.89. The molecule has 1 aliphatic rings. The number of carbonyl (C=O) groups excluding carboxylic acids is 2. The van der Waals surface area contributed by atoms with E-state index in [0.717, 1.165) is 22.5 Å². The fourth-order valence-electron chi connectivity index (χ4n) is 3.02. The quantitative estimate of drug-likeness (QED) is 0.797.